The average molecular weight is 330 g/mol. The van der Waals surface area contributed by atoms with E-state index >= 15 is 0 Å². The number of nitrogens with zero attached hydrogens (tertiary/aromatic N) is 2. The van der Waals surface area contributed by atoms with Crippen LogP contribution in [0.25, 0.3) is 11.0 Å². The summed E-state index contributed by atoms with van der Waals surface area (Å²) in [6.45, 7) is 2.64. The molecule has 0 spiro atoms. The smallest absolute Gasteiger partial charge is 0.264 e. The lowest BCUT2D eigenvalue weighted by atomic mass is 10.3. The van der Waals surface area contributed by atoms with Gasteiger partial charge in [0.15, 0.2) is 6.61 Å². The van der Waals surface area contributed by atoms with E-state index in [1.807, 2.05) is 35.8 Å². The molecule has 5 nitrogen and oxygen atoms in total. The maximum absolute atomic E-state index is 12.1. The van der Waals surface area contributed by atoms with Crippen molar-refractivity contribution in [1.29, 1.82) is 0 Å². The Labute approximate surface area is 138 Å². The van der Waals surface area contributed by atoms with Crippen molar-refractivity contribution in [3.63, 3.8) is 0 Å². The molecule has 0 atom stereocenters. The summed E-state index contributed by atoms with van der Waals surface area (Å²) >= 11 is 5.81. The molecule has 0 fully saturated rings. The first kappa shape index (κ1) is 15.4. The number of benzene rings is 2. The second-order valence-corrected chi connectivity index (χ2v) is 5.40. The quantitative estimate of drug-likeness (QED) is 0.776. The number of para-hydroxylation sites is 2. The van der Waals surface area contributed by atoms with Gasteiger partial charge >= 0.3 is 0 Å². The Balaban J connectivity index is 1.69. The number of hydrogen-bond acceptors (Lipinski definition) is 3. The highest BCUT2D eigenvalue weighted by Crippen LogP contribution is 2.19. The molecule has 1 heterocycles. The molecular formula is C17H16ClN3O2. The van der Waals surface area contributed by atoms with Gasteiger partial charge in [0, 0.05) is 11.6 Å². The molecule has 0 unspecified atom stereocenters. The lowest BCUT2D eigenvalue weighted by Gasteiger charge is -2.09. The third kappa shape index (κ3) is 3.46. The summed E-state index contributed by atoms with van der Waals surface area (Å²) in [6.07, 6.45) is 0. The van der Waals surface area contributed by atoms with E-state index in [0.717, 1.165) is 11.0 Å². The van der Waals surface area contributed by atoms with Crippen LogP contribution < -0.4 is 10.1 Å². The minimum absolute atomic E-state index is 0.0887. The highest BCUT2D eigenvalue weighted by Gasteiger charge is 2.12. The summed E-state index contributed by atoms with van der Waals surface area (Å²) in [5.74, 6) is 0.858. The minimum atomic E-state index is -0.259. The Hall–Kier alpha value is -2.53. The third-order valence-corrected chi connectivity index (χ3v) is 3.66. The number of aryl methyl sites for hydroxylation is 1. The van der Waals surface area contributed by atoms with Gasteiger partial charge in [-0.25, -0.2) is 4.98 Å². The van der Waals surface area contributed by atoms with Crippen LogP contribution in [-0.4, -0.2) is 22.1 Å². The molecule has 0 bridgehead atoms. The van der Waals surface area contributed by atoms with Crippen molar-refractivity contribution in [3.05, 3.63) is 53.6 Å². The lowest BCUT2D eigenvalue weighted by Crippen LogP contribution is -2.22. The number of halogens is 1. The fraction of sp³-hybridized carbons (Fsp3) is 0.176. The molecule has 0 radical (unpaired) electrons. The van der Waals surface area contributed by atoms with Gasteiger partial charge in [0.05, 0.1) is 11.0 Å². The topological polar surface area (TPSA) is 56.2 Å². The van der Waals surface area contributed by atoms with Crippen LogP contribution in [0.1, 0.15) is 6.92 Å². The average Bonchev–Trinajstić information content (AvgIpc) is 2.91. The Morgan fingerprint density at radius 1 is 1.22 bits per heavy atom. The first-order chi connectivity index (χ1) is 11.2. The van der Waals surface area contributed by atoms with E-state index in [4.69, 9.17) is 16.3 Å². The van der Waals surface area contributed by atoms with Crippen molar-refractivity contribution in [3.8, 4) is 5.75 Å². The predicted octanol–water partition coefficient (Wildman–Crippen LogP) is 3.73. The van der Waals surface area contributed by atoms with E-state index in [0.29, 0.717) is 23.3 Å². The Morgan fingerprint density at radius 2 is 1.96 bits per heavy atom. The SMILES string of the molecule is CCn1c(NC(=O)COc2ccc(Cl)cc2)nc2ccccc21. The molecular weight excluding hydrogens is 314 g/mol. The summed E-state index contributed by atoms with van der Waals surface area (Å²) in [7, 11) is 0. The molecule has 0 aliphatic rings. The van der Waals surface area contributed by atoms with Gasteiger partial charge < -0.3 is 9.30 Å². The van der Waals surface area contributed by atoms with Crippen molar-refractivity contribution < 1.29 is 9.53 Å². The van der Waals surface area contributed by atoms with Gasteiger partial charge in [-0.05, 0) is 43.3 Å². The van der Waals surface area contributed by atoms with E-state index in [9.17, 15) is 4.79 Å². The van der Waals surface area contributed by atoms with Crippen molar-refractivity contribution >= 4 is 34.5 Å². The molecule has 1 aromatic heterocycles. The maximum Gasteiger partial charge on any atom is 0.264 e. The molecule has 1 N–H and O–H groups in total. The number of amides is 1. The molecule has 0 saturated carbocycles. The lowest BCUT2D eigenvalue weighted by molar-refractivity contribution is -0.118. The number of hydrogen-bond donors (Lipinski definition) is 1. The van der Waals surface area contributed by atoms with Crippen LogP contribution in [0.3, 0.4) is 0 Å². The van der Waals surface area contributed by atoms with Gasteiger partial charge in [-0.15, -0.1) is 0 Å². The molecule has 2 aromatic carbocycles. The van der Waals surface area contributed by atoms with E-state index < -0.39 is 0 Å². The number of carbonyl (C=O) groups excluding carboxylic acids is 1. The fourth-order valence-corrected chi connectivity index (χ4v) is 2.46. The van der Waals surface area contributed by atoms with Gasteiger partial charge in [0.1, 0.15) is 5.75 Å². The zero-order valence-electron chi connectivity index (χ0n) is 12.6. The molecule has 3 rings (SSSR count). The second-order valence-electron chi connectivity index (χ2n) is 4.96. The fourth-order valence-electron chi connectivity index (χ4n) is 2.33. The molecule has 1 amide bonds. The van der Waals surface area contributed by atoms with Crippen molar-refractivity contribution in [2.75, 3.05) is 11.9 Å². The molecule has 0 aliphatic heterocycles. The zero-order valence-corrected chi connectivity index (χ0v) is 13.4. The van der Waals surface area contributed by atoms with E-state index in [1.54, 1.807) is 24.3 Å². The first-order valence-corrected chi connectivity index (χ1v) is 7.68. The number of anilines is 1. The van der Waals surface area contributed by atoms with Crippen LogP contribution in [0, 0.1) is 0 Å². The summed E-state index contributed by atoms with van der Waals surface area (Å²) in [6, 6.07) is 14.6. The highest BCUT2D eigenvalue weighted by atomic mass is 35.5. The molecule has 6 heteroatoms. The van der Waals surface area contributed by atoms with Crippen LogP contribution in [0.5, 0.6) is 5.75 Å². The van der Waals surface area contributed by atoms with Gasteiger partial charge in [0.2, 0.25) is 5.95 Å². The van der Waals surface area contributed by atoms with E-state index in [2.05, 4.69) is 10.3 Å². The number of imidazole rings is 1. The van der Waals surface area contributed by atoms with Crippen molar-refractivity contribution in [2.45, 2.75) is 13.5 Å². The summed E-state index contributed by atoms with van der Waals surface area (Å²) < 4.78 is 7.39. The summed E-state index contributed by atoms with van der Waals surface area (Å²) in [5, 5.41) is 3.42. The standard InChI is InChI=1S/C17H16ClN3O2/c1-2-21-15-6-4-3-5-14(15)19-17(21)20-16(22)11-23-13-9-7-12(18)8-10-13/h3-10H,2,11H2,1H3,(H,19,20,22). The Bertz CT molecular complexity index is 827. The monoisotopic (exact) mass is 329 g/mol. The van der Waals surface area contributed by atoms with Crippen molar-refractivity contribution in [1.82, 2.24) is 9.55 Å². The number of aromatic nitrogens is 2. The molecule has 0 saturated heterocycles. The largest absolute Gasteiger partial charge is 0.484 e. The van der Waals surface area contributed by atoms with Gasteiger partial charge in [-0.3, -0.25) is 10.1 Å². The van der Waals surface area contributed by atoms with Gasteiger partial charge in [-0.2, -0.15) is 0 Å². The van der Waals surface area contributed by atoms with Crippen LogP contribution in [0.4, 0.5) is 5.95 Å². The van der Waals surface area contributed by atoms with Crippen LogP contribution in [0.15, 0.2) is 48.5 Å². The summed E-state index contributed by atoms with van der Waals surface area (Å²) in [4.78, 5) is 16.5. The zero-order chi connectivity index (χ0) is 16.2. The predicted molar refractivity (Wildman–Crippen MR) is 91.0 cm³/mol. The molecule has 3 aromatic rings. The number of ether oxygens (including phenoxy) is 1. The third-order valence-electron chi connectivity index (χ3n) is 3.41. The first-order valence-electron chi connectivity index (χ1n) is 7.31. The number of nitrogens with one attached hydrogen (secondary N) is 1. The van der Waals surface area contributed by atoms with Crippen molar-refractivity contribution in [2.24, 2.45) is 0 Å². The normalized spacial score (nSPS) is 10.7. The Morgan fingerprint density at radius 3 is 2.70 bits per heavy atom. The maximum atomic E-state index is 12.1. The van der Waals surface area contributed by atoms with Gasteiger partial charge in [-0.1, -0.05) is 23.7 Å². The van der Waals surface area contributed by atoms with Crippen LogP contribution >= 0.6 is 11.6 Å². The summed E-state index contributed by atoms with van der Waals surface area (Å²) in [5.41, 5.74) is 1.84. The highest BCUT2D eigenvalue weighted by molar-refractivity contribution is 6.30. The minimum Gasteiger partial charge on any atom is -0.484 e. The van der Waals surface area contributed by atoms with Gasteiger partial charge in [0.25, 0.3) is 5.91 Å². The Kier molecular flexibility index (Phi) is 4.48. The van der Waals surface area contributed by atoms with E-state index in [-0.39, 0.29) is 12.5 Å². The molecule has 0 aliphatic carbocycles. The number of rotatable bonds is 5. The van der Waals surface area contributed by atoms with Crippen LogP contribution in [-0.2, 0) is 11.3 Å². The number of fused-ring (bicyclic) bond motifs is 1. The second kappa shape index (κ2) is 6.71. The molecule has 118 valence electrons. The number of carbonyl (C=O) groups is 1. The van der Waals surface area contributed by atoms with Crippen LogP contribution in [0.2, 0.25) is 5.02 Å². The van der Waals surface area contributed by atoms with E-state index in [1.165, 1.54) is 0 Å². The molecule has 23 heavy (non-hydrogen) atoms.